The molecule has 6 heteroatoms. The molecule has 0 aliphatic carbocycles. The second-order valence-electron chi connectivity index (χ2n) is 8.39. The summed E-state index contributed by atoms with van der Waals surface area (Å²) < 4.78 is 11.3. The minimum atomic E-state index is -0.684. The number of nitrogens with zero attached hydrogens (tertiary/aromatic N) is 1. The number of rotatable bonds is 6. The zero-order valence-electron chi connectivity index (χ0n) is 18.8. The highest BCUT2D eigenvalue weighted by molar-refractivity contribution is 6.46. The average Bonchev–Trinajstić information content (AvgIpc) is 3.38. The standard InChI is InChI=1S/C26H29NO5/c1-4-31-20-11-9-18(10-12-20)23-22(24(28)19-8-7-16(2)17(3)14-19)25(29)26(30)27(23)15-21-6-5-13-32-21/h7-12,14,21,23,28H,4-6,13,15H2,1-3H3/b24-22-. The van der Waals surface area contributed by atoms with Gasteiger partial charge < -0.3 is 19.5 Å². The van der Waals surface area contributed by atoms with E-state index in [1.807, 2.05) is 57.2 Å². The van der Waals surface area contributed by atoms with Crippen LogP contribution in [-0.2, 0) is 14.3 Å². The van der Waals surface area contributed by atoms with Crippen LogP contribution in [-0.4, -0.2) is 47.6 Å². The number of amides is 1. The van der Waals surface area contributed by atoms with Crippen LogP contribution in [0, 0.1) is 13.8 Å². The minimum absolute atomic E-state index is 0.111. The lowest BCUT2D eigenvalue weighted by atomic mass is 9.94. The molecule has 0 aromatic heterocycles. The van der Waals surface area contributed by atoms with Crippen LogP contribution >= 0.6 is 0 Å². The Kier molecular flexibility index (Phi) is 6.33. The molecule has 0 saturated carbocycles. The third-order valence-corrected chi connectivity index (χ3v) is 6.25. The number of hydrogen-bond acceptors (Lipinski definition) is 5. The molecule has 0 radical (unpaired) electrons. The van der Waals surface area contributed by atoms with Crippen molar-refractivity contribution in [3.05, 3.63) is 70.3 Å². The average molecular weight is 436 g/mol. The number of benzene rings is 2. The van der Waals surface area contributed by atoms with Gasteiger partial charge in [-0.1, -0.05) is 24.3 Å². The first-order chi connectivity index (χ1) is 15.4. The summed E-state index contributed by atoms with van der Waals surface area (Å²) in [6, 6.07) is 12.2. The molecule has 2 saturated heterocycles. The first kappa shape index (κ1) is 22.1. The summed E-state index contributed by atoms with van der Waals surface area (Å²) in [6.07, 6.45) is 1.67. The van der Waals surface area contributed by atoms with E-state index in [1.54, 1.807) is 11.0 Å². The molecule has 0 spiro atoms. The molecule has 1 N–H and O–H groups in total. The summed E-state index contributed by atoms with van der Waals surface area (Å²) in [5, 5.41) is 11.2. The number of carbonyl (C=O) groups excluding carboxylic acids is 2. The Hall–Kier alpha value is -3.12. The van der Waals surface area contributed by atoms with E-state index in [0.717, 1.165) is 29.5 Å². The highest BCUT2D eigenvalue weighted by Crippen LogP contribution is 2.40. The highest BCUT2D eigenvalue weighted by Gasteiger charge is 2.47. The molecule has 2 heterocycles. The number of aliphatic hydroxyl groups is 1. The fourth-order valence-corrected chi connectivity index (χ4v) is 4.38. The van der Waals surface area contributed by atoms with Crippen LogP contribution in [0.2, 0.25) is 0 Å². The van der Waals surface area contributed by atoms with E-state index in [4.69, 9.17) is 9.47 Å². The van der Waals surface area contributed by atoms with Gasteiger partial charge in [-0.15, -0.1) is 0 Å². The quantitative estimate of drug-likeness (QED) is 0.416. The van der Waals surface area contributed by atoms with Crippen molar-refractivity contribution < 1.29 is 24.2 Å². The van der Waals surface area contributed by atoms with Crippen LogP contribution in [0.25, 0.3) is 5.76 Å². The van der Waals surface area contributed by atoms with E-state index in [2.05, 4.69) is 0 Å². The Morgan fingerprint density at radius 3 is 2.50 bits per heavy atom. The molecule has 4 rings (SSSR count). The van der Waals surface area contributed by atoms with Crippen LogP contribution < -0.4 is 4.74 Å². The van der Waals surface area contributed by atoms with Crippen molar-refractivity contribution in [2.45, 2.75) is 45.8 Å². The molecule has 2 aromatic carbocycles. The molecular weight excluding hydrogens is 406 g/mol. The van der Waals surface area contributed by atoms with Gasteiger partial charge in [-0.3, -0.25) is 9.59 Å². The molecule has 168 valence electrons. The number of likely N-dealkylation sites (tertiary alicyclic amines) is 1. The fourth-order valence-electron chi connectivity index (χ4n) is 4.38. The van der Waals surface area contributed by atoms with Gasteiger partial charge in [0.15, 0.2) is 0 Å². The predicted octanol–water partition coefficient (Wildman–Crippen LogP) is 4.30. The SMILES string of the molecule is CCOc1ccc(C2/C(=C(/O)c3ccc(C)c(C)c3)C(=O)C(=O)N2CC2CCCO2)cc1. The van der Waals surface area contributed by atoms with Crippen molar-refractivity contribution in [3.8, 4) is 5.75 Å². The van der Waals surface area contributed by atoms with Gasteiger partial charge in [0.05, 0.1) is 24.3 Å². The van der Waals surface area contributed by atoms with Crippen LogP contribution in [0.15, 0.2) is 48.0 Å². The monoisotopic (exact) mass is 435 g/mol. The highest BCUT2D eigenvalue weighted by atomic mass is 16.5. The van der Waals surface area contributed by atoms with Crippen LogP contribution in [0.5, 0.6) is 5.75 Å². The predicted molar refractivity (Wildman–Crippen MR) is 122 cm³/mol. The maximum Gasteiger partial charge on any atom is 0.295 e. The van der Waals surface area contributed by atoms with Gasteiger partial charge in [0.2, 0.25) is 0 Å². The summed E-state index contributed by atoms with van der Waals surface area (Å²) in [5.74, 6) is -0.718. The number of aliphatic hydroxyl groups excluding tert-OH is 1. The van der Waals surface area contributed by atoms with Crippen molar-refractivity contribution in [2.75, 3.05) is 19.8 Å². The topological polar surface area (TPSA) is 76.1 Å². The van der Waals surface area contributed by atoms with Gasteiger partial charge in [-0.25, -0.2) is 0 Å². The maximum absolute atomic E-state index is 13.1. The van der Waals surface area contributed by atoms with E-state index in [0.29, 0.717) is 31.1 Å². The first-order valence-electron chi connectivity index (χ1n) is 11.1. The normalized spacial score (nSPS) is 22.5. The molecule has 32 heavy (non-hydrogen) atoms. The third-order valence-electron chi connectivity index (χ3n) is 6.25. The molecule has 2 fully saturated rings. The van der Waals surface area contributed by atoms with Gasteiger partial charge in [-0.2, -0.15) is 0 Å². The summed E-state index contributed by atoms with van der Waals surface area (Å²) in [4.78, 5) is 27.7. The van der Waals surface area contributed by atoms with E-state index in [-0.39, 0.29) is 17.4 Å². The second kappa shape index (κ2) is 9.17. The summed E-state index contributed by atoms with van der Waals surface area (Å²) in [7, 11) is 0. The summed E-state index contributed by atoms with van der Waals surface area (Å²) >= 11 is 0. The van der Waals surface area contributed by atoms with Crippen molar-refractivity contribution in [2.24, 2.45) is 0 Å². The van der Waals surface area contributed by atoms with Crippen molar-refractivity contribution in [1.29, 1.82) is 0 Å². The van der Waals surface area contributed by atoms with Crippen LogP contribution in [0.3, 0.4) is 0 Å². The Morgan fingerprint density at radius 1 is 1.12 bits per heavy atom. The number of hydrogen-bond donors (Lipinski definition) is 1. The van der Waals surface area contributed by atoms with E-state index in [1.165, 1.54) is 0 Å². The number of aryl methyl sites for hydroxylation is 2. The molecule has 2 aliphatic rings. The van der Waals surface area contributed by atoms with Crippen molar-refractivity contribution >= 4 is 17.4 Å². The van der Waals surface area contributed by atoms with E-state index < -0.39 is 17.7 Å². The van der Waals surface area contributed by atoms with Gasteiger partial charge in [0.1, 0.15) is 11.5 Å². The maximum atomic E-state index is 13.1. The minimum Gasteiger partial charge on any atom is -0.507 e. The van der Waals surface area contributed by atoms with Crippen LogP contribution in [0.1, 0.15) is 48.1 Å². The Balaban J connectivity index is 1.80. The Morgan fingerprint density at radius 2 is 1.88 bits per heavy atom. The van der Waals surface area contributed by atoms with Crippen molar-refractivity contribution in [1.82, 2.24) is 4.90 Å². The van der Waals surface area contributed by atoms with Gasteiger partial charge in [0, 0.05) is 18.7 Å². The first-order valence-corrected chi connectivity index (χ1v) is 11.1. The zero-order valence-corrected chi connectivity index (χ0v) is 18.8. The molecule has 6 nitrogen and oxygen atoms in total. The number of carbonyl (C=O) groups is 2. The molecule has 2 aliphatic heterocycles. The van der Waals surface area contributed by atoms with Crippen molar-refractivity contribution in [3.63, 3.8) is 0 Å². The van der Waals surface area contributed by atoms with Gasteiger partial charge in [-0.05, 0) is 68.5 Å². The summed E-state index contributed by atoms with van der Waals surface area (Å²) in [5.41, 5.74) is 3.47. The van der Waals surface area contributed by atoms with Gasteiger partial charge in [0.25, 0.3) is 11.7 Å². The van der Waals surface area contributed by atoms with Crippen LogP contribution in [0.4, 0.5) is 0 Å². The van der Waals surface area contributed by atoms with Gasteiger partial charge >= 0.3 is 0 Å². The number of ether oxygens (including phenoxy) is 2. The number of ketones is 1. The number of Topliss-reactive ketones (excluding diaryl/α,β-unsaturated/α-hetero) is 1. The zero-order chi connectivity index (χ0) is 22.8. The largest absolute Gasteiger partial charge is 0.507 e. The van der Waals surface area contributed by atoms with E-state index in [9.17, 15) is 14.7 Å². The molecule has 2 aromatic rings. The lowest BCUT2D eigenvalue weighted by Crippen LogP contribution is -2.36. The Bertz CT molecular complexity index is 1050. The lowest BCUT2D eigenvalue weighted by molar-refractivity contribution is -0.140. The molecule has 1 amide bonds. The fraction of sp³-hybridized carbons (Fsp3) is 0.385. The lowest BCUT2D eigenvalue weighted by Gasteiger charge is -2.27. The smallest absolute Gasteiger partial charge is 0.295 e. The summed E-state index contributed by atoms with van der Waals surface area (Å²) in [6.45, 7) is 7.36. The second-order valence-corrected chi connectivity index (χ2v) is 8.39. The molecule has 2 atom stereocenters. The Labute approximate surface area is 188 Å². The van der Waals surface area contributed by atoms with E-state index >= 15 is 0 Å². The molecule has 0 bridgehead atoms. The molecular formula is C26H29NO5. The third kappa shape index (κ3) is 4.15. The molecule has 2 unspecified atom stereocenters.